The molecule has 1 N–H and O–H groups in total. The Morgan fingerprint density at radius 1 is 1.20 bits per heavy atom. The van der Waals surface area contributed by atoms with Gasteiger partial charge in [0.25, 0.3) is 11.8 Å². The number of aryl methyl sites for hydroxylation is 2. The van der Waals surface area contributed by atoms with Gasteiger partial charge in [-0.15, -0.1) is 0 Å². The lowest BCUT2D eigenvalue weighted by Crippen LogP contribution is -2.35. The van der Waals surface area contributed by atoms with Gasteiger partial charge in [0.15, 0.2) is 13.2 Å². The Morgan fingerprint density at radius 2 is 1.96 bits per heavy atom. The number of imide groups is 1. The van der Waals surface area contributed by atoms with E-state index in [-0.39, 0.29) is 6.61 Å². The van der Waals surface area contributed by atoms with Gasteiger partial charge in [0.05, 0.1) is 0 Å². The summed E-state index contributed by atoms with van der Waals surface area (Å²) in [5.41, 5.74) is 1.13. The van der Waals surface area contributed by atoms with Crippen LogP contribution in [0, 0.1) is 6.92 Å². The number of ether oxygens (including phenoxy) is 2. The number of nitrogens with one attached hydrogen (secondary N) is 1. The van der Waals surface area contributed by atoms with E-state index in [9.17, 15) is 14.4 Å². The molecule has 1 heterocycles. The minimum atomic E-state index is -0.728. The molecule has 2 rings (SSSR count). The van der Waals surface area contributed by atoms with Crippen molar-refractivity contribution in [2.75, 3.05) is 13.2 Å². The Kier molecular flexibility index (Phi) is 6.19. The molecule has 0 aliphatic rings. The Morgan fingerprint density at radius 3 is 2.60 bits per heavy atom. The van der Waals surface area contributed by atoms with Crippen LogP contribution in [-0.4, -0.2) is 35.6 Å². The molecule has 0 aliphatic heterocycles. The second kappa shape index (κ2) is 8.34. The van der Waals surface area contributed by atoms with Crippen LogP contribution in [0.25, 0.3) is 0 Å². The first kappa shape index (κ1) is 18.5. The third kappa shape index (κ3) is 5.36. The lowest BCUT2D eigenvalue weighted by Gasteiger charge is -2.08. The number of hydrogen-bond donors (Lipinski definition) is 1. The molecule has 0 saturated carbocycles. The topological polar surface area (TPSA) is 86.6 Å². The summed E-state index contributed by atoms with van der Waals surface area (Å²) in [5.74, 6) is -1.56. The van der Waals surface area contributed by atoms with Crippen LogP contribution in [0.4, 0.5) is 0 Å². The minimum Gasteiger partial charge on any atom is -0.482 e. The number of hydrogen-bond acceptors (Lipinski definition) is 5. The molecular weight excluding hydrogens is 348 g/mol. The van der Waals surface area contributed by atoms with Gasteiger partial charge in [0.2, 0.25) is 0 Å². The average molecular weight is 365 g/mol. The predicted molar refractivity (Wildman–Crippen MR) is 90.5 cm³/mol. The summed E-state index contributed by atoms with van der Waals surface area (Å²) in [6.07, 6.45) is 1.68. The molecule has 132 valence electrons. The quantitative estimate of drug-likeness (QED) is 0.791. The predicted octanol–water partition coefficient (Wildman–Crippen LogP) is 1.87. The van der Waals surface area contributed by atoms with Gasteiger partial charge in [0.1, 0.15) is 11.4 Å². The highest BCUT2D eigenvalue weighted by molar-refractivity contribution is 6.31. The fourth-order valence-corrected chi connectivity index (χ4v) is 2.08. The summed E-state index contributed by atoms with van der Waals surface area (Å²) in [5, 5.41) is 2.73. The number of amides is 2. The molecule has 2 aromatic rings. The highest BCUT2D eigenvalue weighted by atomic mass is 35.5. The normalized spacial score (nSPS) is 10.2. The first-order valence-corrected chi connectivity index (χ1v) is 7.74. The second-order valence-electron chi connectivity index (χ2n) is 5.24. The first-order valence-electron chi connectivity index (χ1n) is 7.37. The van der Waals surface area contributed by atoms with Gasteiger partial charge in [-0.25, -0.2) is 4.79 Å². The van der Waals surface area contributed by atoms with Crippen molar-refractivity contribution in [2.45, 2.75) is 6.92 Å². The molecule has 0 atom stereocenters. The number of aromatic nitrogens is 1. The zero-order chi connectivity index (χ0) is 18.4. The maximum atomic E-state index is 11.8. The summed E-state index contributed by atoms with van der Waals surface area (Å²) in [6.45, 7) is 0.875. The van der Waals surface area contributed by atoms with E-state index in [1.165, 1.54) is 0 Å². The number of esters is 1. The van der Waals surface area contributed by atoms with E-state index in [4.69, 9.17) is 21.1 Å². The number of benzene rings is 1. The third-order valence-corrected chi connectivity index (χ3v) is 3.70. The summed E-state index contributed by atoms with van der Waals surface area (Å²) < 4.78 is 11.6. The van der Waals surface area contributed by atoms with Crippen LogP contribution in [0.1, 0.15) is 16.1 Å². The fraction of sp³-hybridized carbons (Fsp3) is 0.235. The highest BCUT2D eigenvalue weighted by Gasteiger charge is 2.14. The monoisotopic (exact) mass is 364 g/mol. The standard InChI is InChI=1S/C17H17ClN2O5/c1-11-8-12(5-6-13(11)18)24-10-16(22)25-9-15(21)19-17(23)14-4-3-7-20(14)2/h3-8H,9-10H2,1-2H3,(H,19,21,23). The summed E-state index contributed by atoms with van der Waals surface area (Å²) in [6, 6.07) is 8.20. The Hall–Kier alpha value is -2.80. The van der Waals surface area contributed by atoms with Crippen LogP contribution in [0.2, 0.25) is 5.02 Å². The SMILES string of the molecule is Cc1cc(OCC(=O)OCC(=O)NC(=O)c2cccn2C)ccc1Cl. The van der Waals surface area contributed by atoms with Crippen molar-refractivity contribution in [3.63, 3.8) is 0 Å². The van der Waals surface area contributed by atoms with Crippen molar-refractivity contribution in [3.05, 3.63) is 52.8 Å². The van der Waals surface area contributed by atoms with Crippen LogP contribution < -0.4 is 10.1 Å². The Balaban J connectivity index is 1.74. The van der Waals surface area contributed by atoms with E-state index >= 15 is 0 Å². The van der Waals surface area contributed by atoms with Crippen molar-refractivity contribution in [2.24, 2.45) is 7.05 Å². The van der Waals surface area contributed by atoms with Crippen molar-refractivity contribution in [3.8, 4) is 5.75 Å². The van der Waals surface area contributed by atoms with E-state index < -0.39 is 24.4 Å². The number of rotatable bonds is 6. The summed E-state index contributed by atoms with van der Waals surface area (Å²) in [4.78, 5) is 35.1. The zero-order valence-electron chi connectivity index (χ0n) is 13.7. The molecule has 0 saturated heterocycles. The van der Waals surface area contributed by atoms with Crippen LogP contribution >= 0.6 is 11.6 Å². The molecule has 0 bridgehead atoms. The van der Waals surface area contributed by atoms with Crippen molar-refractivity contribution < 1.29 is 23.9 Å². The van der Waals surface area contributed by atoms with Crippen LogP contribution in [0.15, 0.2) is 36.5 Å². The zero-order valence-corrected chi connectivity index (χ0v) is 14.5. The fourth-order valence-electron chi connectivity index (χ4n) is 1.96. The molecular formula is C17H17ClN2O5. The number of nitrogens with zero attached hydrogens (tertiary/aromatic N) is 1. The van der Waals surface area contributed by atoms with E-state index in [0.29, 0.717) is 16.5 Å². The molecule has 7 nitrogen and oxygen atoms in total. The van der Waals surface area contributed by atoms with Gasteiger partial charge in [-0.05, 0) is 42.8 Å². The lowest BCUT2D eigenvalue weighted by atomic mass is 10.2. The number of carbonyl (C=O) groups is 3. The van der Waals surface area contributed by atoms with E-state index in [1.807, 2.05) is 6.92 Å². The van der Waals surface area contributed by atoms with Gasteiger partial charge in [-0.2, -0.15) is 0 Å². The molecule has 8 heteroatoms. The van der Waals surface area contributed by atoms with Gasteiger partial charge in [-0.3, -0.25) is 14.9 Å². The minimum absolute atomic E-state index is 0.320. The largest absolute Gasteiger partial charge is 0.482 e. The average Bonchev–Trinajstić information content (AvgIpc) is 3.00. The molecule has 0 radical (unpaired) electrons. The van der Waals surface area contributed by atoms with Crippen molar-refractivity contribution in [1.82, 2.24) is 9.88 Å². The van der Waals surface area contributed by atoms with Gasteiger partial charge < -0.3 is 14.0 Å². The van der Waals surface area contributed by atoms with Crippen LogP contribution in [0.3, 0.4) is 0 Å². The van der Waals surface area contributed by atoms with Crippen LogP contribution in [-0.2, 0) is 21.4 Å². The van der Waals surface area contributed by atoms with E-state index in [1.54, 1.807) is 48.1 Å². The molecule has 0 fully saturated rings. The molecule has 2 amide bonds. The maximum absolute atomic E-state index is 11.8. The smallest absolute Gasteiger partial charge is 0.344 e. The molecule has 0 spiro atoms. The number of carbonyl (C=O) groups excluding carboxylic acids is 3. The van der Waals surface area contributed by atoms with Crippen molar-refractivity contribution >= 4 is 29.4 Å². The lowest BCUT2D eigenvalue weighted by molar-refractivity contribution is -0.150. The third-order valence-electron chi connectivity index (χ3n) is 3.28. The van der Waals surface area contributed by atoms with Gasteiger partial charge >= 0.3 is 5.97 Å². The first-order chi connectivity index (χ1) is 11.9. The second-order valence-corrected chi connectivity index (χ2v) is 5.65. The summed E-state index contributed by atoms with van der Waals surface area (Å²) >= 11 is 5.90. The van der Waals surface area contributed by atoms with E-state index in [2.05, 4.69) is 5.32 Å². The summed E-state index contributed by atoms with van der Waals surface area (Å²) in [7, 11) is 1.68. The molecule has 1 aromatic heterocycles. The number of halogens is 1. The highest BCUT2D eigenvalue weighted by Crippen LogP contribution is 2.20. The molecule has 0 unspecified atom stereocenters. The van der Waals surface area contributed by atoms with E-state index in [0.717, 1.165) is 5.56 Å². The van der Waals surface area contributed by atoms with Gasteiger partial charge in [-0.1, -0.05) is 11.6 Å². The molecule has 0 aliphatic carbocycles. The molecule has 25 heavy (non-hydrogen) atoms. The molecule has 1 aromatic carbocycles. The Bertz CT molecular complexity index is 800. The van der Waals surface area contributed by atoms with Gasteiger partial charge in [0, 0.05) is 18.3 Å². The van der Waals surface area contributed by atoms with Crippen LogP contribution in [0.5, 0.6) is 5.75 Å². The Labute approximate surface area is 149 Å². The van der Waals surface area contributed by atoms with Crippen molar-refractivity contribution in [1.29, 1.82) is 0 Å². The maximum Gasteiger partial charge on any atom is 0.344 e.